The summed E-state index contributed by atoms with van der Waals surface area (Å²) < 4.78 is 32.0. The summed E-state index contributed by atoms with van der Waals surface area (Å²) in [5.41, 5.74) is 3.35. The van der Waals surface area contributed by atoms with E-state index < -0.39 is 16.1 Å². The van der Waals surface area contributed by atoms with E-state index in [0.717, 1.165) is 16.7 Å². The van der Waals surface area contributed by atoms with Gasteiger partial charge in [-0.1, -0.05) is 45.0 Å². The van der Waals surface area contributed by atoms with Gasteiger partial charge in [0, 0.05) is 26.1 Å². The molecule has 9 heteroatoms. The maximum atomic E-state index is 13.6. The molecular formula is C29H43N3O5S. The summed E-state index contributed by atoms with van der Waals surface area (Å²) in [5.74, 6) is 0.565. The molecule has 0 bridgehead atoms. The predicted octanol–water partition coefficient (Wildman–Crippen LogP) is 4.44. The van der Waals surface area contributed by atoms with Gasteiger partial charge < -0.3 is 15.0 Å². The summed E-state index contributed by atoms with van der Waals surface area (Å²) >= 11 is 0. The van der Waals surface area contributed by atoms with Crippen molar-refractivity contribution in [1.82, 2.24) is 10.2 Å². The second-order valence-corrected chi connectivity index (χ2v) is 12.0. The smallest absolute Gasteiger partial charge is 0.242 e. The van der Waals surface area contributed by atoms with Gasteiger partial charge in [0.05, 0.1) is 19.1 Å². The SMILES string of the molecule is CC[C@@H](C(=O)NCC(C)C)N(Cc1cccc(OC)c1)C(=O)CCCN(c1cccc(C)c1C)S(C)(=O)=O. The molecule has 2 rings (SSSR count). The molecule has 0 saturated heterocycles. The van der Waals surface area contributed by atoms with E-state index in [1.54, 1.807) is 18.1 Å². The van der Waals surface area contributed by atoms with Gasteiger partial charge in [0.25, 0.3) is 0 Å². The Morgan fingerprint density at radius 1 is 1.08 bits per heavy atom. The fourth-order valence-electron chi connectivity index (χ4n) is 4.30. The van der Waals surface area contributed by atoms with E-state index in [2.05, 4.69) is 5.32 Å². The summed E-state index contributed by atoms with van der Waals surface area (Å²) in [4.78, 5) is 28.3. The Hall–Kier alpha value is -3.07. The van der Waals surface area contributed by atoms with Crippen molar-refractivity contribution in [3.63, 3.8) is 0 Å². The first-order valence-electron chi connectivity index (χ1n) is 13.1. The van der Waals surface area contributed by atoms with Gasteiger partial charge in [-0.3, -0.25) is 13.9 Å². The third kappa shape index (κ3) is 8.75. The molecule has 0 unspecified atom stereocenters. The average molecular weight is 546 g/mol. The third-order valence-electron chi connectivity index (χ3n) is 6.55. The second kappa shape index (κ2) is 14.2. The van der Waals surface area contributed by atoms with Crippen molar-refractivity contribution >= 4 is 27.5 Å². The molecule has 0 spiro atoms. The first kappa shape index (κ1) is 31.1. The van der Waals surface area contributed by atoms with Crippen LogP contribution in [0.3, 0.4) is 0 Å². The van der Waals surface area contributed by atoms with Crippen molar-refractivity contribution in [1.29, 1.82) is 0 Å². The van der Waals surface area contributed by atoms with Gasteiger partial charge in [-0.15, -0.1) is 0 Å². The molecule has 2 aromatic rings. The number of sulfonamides is 1. The van der Waals surface area contributed by atoms with Gasteiger partial charge in [-0.25, -0.2) is 8.42 Å². The van der Waals surface area contributed by atoms with Gasteiger partial charge in [0.1, 0.15) is 11.8 Å². The number of aryl methyl sites for hydroxylation is 1. The van der Waals surface area contributed by atoms with E-state index >= 15 is 0 Å². The van der Waals surface area contributed by atoms with Crippen molar-refractivity contribution in [3.05, 3.63) is 59.2 Å². The van der Waals surface area contributed by atoms with E-state index in [4.69, 9.17) is 4.74 Å². The average Bonchev–Trinajstić information content (AvgIpc) is 2.86. The lowest BCUT2D eigenvalue weighted by Gasteiger charge is -2.31. The van der Waals surface area contributed by atoms with Crippen LogP contribution in [0, 0.1) is 19.8 Å². The van der Waals surface area contributed by atoms with Gasteiger partial charge >= 0.3 is 0 Å². The Kier molecular flexibility index (Phi) is 11.6. The number of benzene rings is 2. The fraction of sp³-hybridized carbons (Fsp3) is 0.517. The van der Waals surface area contributed by atoms with E-state index in [-0.39, 0.29) is 37.2 Å². The molecule has 0 saturated carbocycles. The maximum Gasteiger partial charge on any atom is 0.242 e. The highest BCUT2D eigenvalue weighted by atomic mass is 32.2. The Balaban J connectivity index is 2.26. The lowest BCUT2D eigenvalue weighted by Crippen LogP contribution is -2.49. The van der Waals surface area contributed by atoms with Gasteiger partial charge in [-0.05, 0) is 67.5 Å². The van der Waals surface area contributed by atoms with Crippen molar-refractivity contribution in [2.45, 2.75) is 66.5 Å². The monoisotopic (exact) mass is 545 g/mol. The number of amides is 2. The first-order chi connectivity index (χ1) is 17.9. The molecule has 38 heavy (non-hydrogen) atoms. The van der Waals surface area contributed by atoms with Gasteiger partial charge in [0.15, 0.2) is 0 Å². The van der Waals surface area contributed by atoms with Gasteiger partial charge in [0.2, 0.25) is 21.8 Å². The summed E-state index contributed by atoms with van der Waals surface area (Å²) in [7, 11) is -1.97. The number of nitrogens with one attached hydrogen (secondary N) is 1. The lowest BCUT2D eigenvalue weighted by molar-refractivity contribution is -0.141. The zero-order valence-corrected chi connectivity index (χ0v) is 24.6. The van der Waals surface area contributed by atoms with Crippen molar-refractivity contribution < 1.29 is 22.7 Å². The summed E-state index contributed by atoms with van der Waals surface area (Å²) in [6, 6.07) is 12.3. The van der Waals surface area contributed by atoms with Gasteiger partial charge in [-0.2, -0.15) is 0 Å². The van der Waals surface area contributed by atoms with Crippen LogP contribution in [-0.4, -0.2) is 57.6 Å². The second-order valence-electron chi connectivity index (χ2n) is 10.1. The normalized spacial score (nSPS) is 12.2. The fourth-order valence-corrected chi connectivity index (χ4v) is 5.31. The Morgan fingerprint density at radius 2 is 1.76 bits per heavy atom. The highest BCUT2D eigenvalue weighted by Crippen LogP contribution is 2.26. The van der Waals surface area contributed by atoms with Crippen LogP contribution in [-0.2, 0) is 26.2 Å². The zero-order chi connectivity index (χ0) is 28.5. The Labute approximate surface area is 228 Å². The number of methoxy groups -OCH3 is 1. The molecule has 1 N–H and O–H groups in total. The van der Waals surface area contributed by atoms with Crippen LogP contribution in [0.25, 0.3) is 0 Å². The lowest BCUT2D eigenvalue weighted by atomic mass is 10.1. The Morgan fingerprint density at radius 3 is 2.37 bits per heavy atom. The molecule has 0 aliphatic heterocycles. The summed E-state index contributed by atoms with van der Waals surface area (Å²) in [6.45, 7) is 10.7. The standard InChI is InChI=1S/C29H43N3O5S/c1-8-26(29(34)30-19-21(2)3)31(20-24-13-10-14-25(18-24)37-6)28(33)16-11-17-32(38(7,35)36)27-15-9-12-22(4)23(27)5/h9-10,12-15,18,21,26H,8,11,16-17,19-20H2,1-7H3,(H,30,34)/t26-/m0/s1. The van der Waals surface area contributed by atoms with Crippen LogP contribution in [0.5, 0.6) is 5.75 Å². The number of carbonyl (C=O) groups excluding carboxylic acids is 2. The number of rotatable bonds is 14. The van der Waals surface area contributed by atoms with Crippen LogP contribution >= 0.6 is 0 Å². The minimum atomic E-state index is -3.55. The maximum absolute atomic E-state index is 13.6. The van der Waals surface area contributed by atoms with Crippen LogP contribution in [0.15, 0.2) is 42.5 Å². The summed E-state index contributed by atoms with van der Waals surface area (Å²) in [5, 5.41) is 2.96. The predicted molar refractivity (Wildman–Crippen MR) is 153 cm³/mol. The van der Waals surface area contributed by atoms with Crippen LogP contribution in [0.1, 0.15) is 56.7 Å². The van der Waals surface area contributed by atoms with Crippen LogP contribution in [0.2, 0.25) is 0 Å². The minimum absolute atomic E-state index is 0.106. The van der Waals surface area contributed by atoms with Crippen LogP contribution < -0.4 is 14.4 Å². The quantitative estimate of drug-likeness (QED) is 0.379. The van der Waals surface area contributed by atoms with Crippen molar-refractivity contribution in [2.24, 2.45) is 5.92 Å². The largest absolute Gasteiger partial charge is 0.497 e. The number of ether oxygens (including phenoxy) is 1. The molecule has 0 heterocycles. The van der Waals surface area contributed by atoms with Crippen molar-refractivity contribution in [2.75, 3.05) is 30.8 Å². The van der Waals surface area contributed by atoms with E-state index in [0.29, 0.717) is 30.8 Å². The van der Waals surface area contributed by atoms with E-state index in [9.17, 15) is 18.0 Å². The number of hydrogen-bond donors (Lipinski definition) is 1. The topological polar surface area (TPSA) is 96.0 Å². The highest BCUT2D eigenvalue weighted by Gasteiger charge is 2.29. The molecule has 2 amide bonds. The number of anilines is 1. The molecule has 1 atom stereocenters. The van der Waals surface area contributed by atoms with E-state index in [1.807, 2.05) is 71.0 Å². The molecule has 0 aliphatic carbocycles. The molecule has 0 fully saturated rings. The molecular weight excluding hydrogens is 502 g/mol. The molecule has 2 aromatic carbocycles. The minimum Gasteiger partial charge on any atom is -0.497 e. The number of hydrogen-bond acceptors (Lipinski definition) is 5. The number of nitrogens with zero attached hydrogens (tertiary/aromatic N) is 2. The number of carbonyl (C=O) groups is 2. The molecule has 210 valence electrons. The summed E-state index contributed by atoms with van der Waals surface area (Å²) in [6.07, 6.45) is 2.06. The van der Waals surface area contributed by atoms with E-state index in [1.165, 1.54) is 10.6 Å². The first-order valence-corrected chi connectivity index (χ1v) is 15.0. The third-order valence-corrected chi connectivity index (χ3v) is 7.73. The highest BCUT2D eigenvalue weighted by molar-refractivity contribution is 7.92. The van der Waals surface area contributed by atoms with Crippen LogP contribution in [0.4, 0.5) is 5.69 Å². The zero-order valence-electron chi connectivity index (χ0n) is 23.8. The molecule has 0 aromatic heterocycles. The molecule has 0 aliphatic rings. The molecule has 0 radical (unpaired) electrons. The Bertz CT molecular complexity index is 1200. The van der Waals surface area contributed by atoms with Crippen molar-refractivity contribution in [3.8, 4) is 5.75 Å². The molecule has 8 nitrogen and oxygen atoms in total.